The van der Waals surface area contributed by atoms with Crippen LogP contribution in [0.4, 0.5) is 0 Å². The molecule has 0 saturated carbocycles. The van der Waals surface area contributed by atoms with Crippen LogP contribution in [0.25, 0.3) is 0 Å². The molecule has 0 amide bonds. The fourth-order valence-electron chi connectivity index (χ4n) is 1.45. The Morgan fingerprint density at radius 3 is 2.60 bits per heavy atom. The molecule has 0 saturated heterocycles. The Kier molecular flexibility index (Phi) is 4.17. The number of ether oxygens (including phenoxy) is 1. The highest BCUT2D eigenvalue weighted by molar-refractivity contribution is 9.10. The average Bonchev–Trinajstić information content (AvgIpc) is 2.20. The van der Waals surface area contributed by atoms with E-state index in [1.807, 2.05) is 12.1 Å². The summed E-state index contributed by atoms with van der Waals surface area (Å²) >= 11 is 3.43. The van der Waals surface area contributed by atoms with Gasteiger partial charge in [-0.3, -0.25) is 0 Å². The van der Waals surface area contributed by atoms with Crippen LogP contribution in [0.15, 0.2) is 22.7 Å². The molecule has 0 atom stereocenters. The Hall–Kier alpha value is -0.540. The van der Waals surface area contributed by atoms with Gasteiger partial charge in [-0.05, 0) is 36.1 Å². The molecule has 1 aromatic carbocycles. The predicted octanol–water partition coefficient (Wildman–Crippen LogP) is 2.99. The zero-order chi connectivity index (χ0) is 11.5. The molecule has 0 fully saturated rings. The van der Waals surface area contributed by atoms with E-state index in [4.69, 9.17) is 10.5 Å². The fraction of sp³-hybridized carbons (Fsp3) is 0.500. The molecule has 0 aromatic heterocycles. The molecule has 0 aliphatic carbocycles. The molecule has 0 bridgehead atoms. The Morgan fingerprint density at radius 2 is 2.07 bits per heavy atom. The van der Waals surface area contributed by atoms with Crippen molar-refractivity contribution in [1.29, 1.82) is 0 Å². The summed E-state index contributed by atoms with van der Waals surface area (Å²) in [7, 11) is 1.70. The Labute approximate surface area is 99.9 Å². The van der Waals surface area contributed by atoms with Crippen LogP contribution in [-0.4, -0.2) is 13.7 Å². The molecule has 0 aliphatic rings. The maximum absolute atomic E-state index is 5.73. The molecule has 1 aromatic rings. The van der Waals surface area contributed by atoms with E-state index in [1.165, 1.54) is 5.56 Å². The van der Waals surface area contributed by atoms with Crippen molar-refractivity contribution in [2.45, 2.75) is 20.3 Å². The monoisotopic (exact) mass is 271 g/mol. The summed E-state index contributed by atoms with van der Waals surface area (Å²) in [5.41, 5.74) is 7.04. The Bertz CT molecular complexity index is 336. The Balaban J connectivity index is 2.94. The standard InChI is InChI=1S/C12H18BrNO/c1-12(2,8-14)7-9-4-5-10(13)6-11(9)15-3/h4-6H,7-8,14H2,1-3H3. The van der Waals surface area contributed by atoms with Gasteiger partial charge in [0.15, 0.2) is 0 Å². The van der Waals surface area contributed by atoms with Gasteiger partial charge in [0, 0.05) is 4.47 Å². The van der Waals surface area contributed by atoms with Gasteiger partial charge in [0.1, 0.15) is 5.75 Å². The van der Waals surface area contributed by atoms with E-state index in [-0.39, 0.29) is 5.41 Å². The first-order valence-electron chi connectivity index (χ1n) is 5.01. The van der Waals surface area contributed by atoms with Gasteiger partial charge >= 0.3 is 0 Å². The third-order valence-corrected chi connectivity index (χ3v) is 2.96. The highest BCUT2D eigenvalue weighted by Crippen LogP contribution is 2.29. The summed E-state index contributed by atoms with van der Waals surface area (Å²) in [4.78, 5) is 0. The minimum Gasteiger partial charge on any atom is -0.496 e. The molecule has 1 rings (SSSR count). The topological polar surface area (TPSA) is 35.2 Å². The van der Waals surface area contributed by atoms with Crippen molar-refractivity contribution in [1.82, 2.24) is 0 Å². The number of nitrogens with two attached hydrogens (primary N) is 1. The second-order valence-electron chi connectivity index (χ2n) is 4.50. The van der Waals surface area contributed by atoms with E-state index in [9.17, 15) is 0 Å². The van der Waals surface area contributed by atoms with E-state index in [2.05, 4.69) is 35.8 Å². The number of methoxy groups -OCH3 is 1. The summed E-state index contributed by atoms with van der Waals surface area (Å²) in [5.74, 6) is 0.922. The van der Waals surface area contributed by atoms with Crippen LogP contribution in [-0.2, 0) is 6.42 Å². The molecule has 0 aliphatic heterocycles. The van der Waals surface area contributed by atoms with Crippen molar-refractivity contribution >= 4 is 15.9 Å². The molecule has 15 heavy (non-hydrogen) atoms. The van der Waals surface area contributed by atoms with E-state index in [0.29, 0.717) is 6.54 Å². The molecular weight excluding hydrogens is 254 g/mol. The van der Waals surface area contributed by atoms with Gasteiger partial charge in [-0.25, -0.2) is 0 Å². The molecule has 84 valence electrons. The summed E-state index contributed by atoms with van der Waals surface area (Å²) in [6, 6.07) is 6.10. The van der Waals surface area contributed by atoms with Crippen LogP contribution in [0.2, 0.25) is 0 Å². The maximum atomic E-state index is 5.73. The van der Waals surface area contributed by atoms with Crippen LogP contribution >= 0.6 is 15.9 Å². The summed E-state index contributed by atoms with van der Waals surface area (Å²) in [5, 5.41) is 0. The van der Waals surface area contributed by atoms with E-state index in [0.717, 1.165) is 16.6 Å². The molecule has 2 N–H and O–H groups in total. The van der Waals surface area contributed by atoms with Crippen molar-refractivity contribution in [2.24, 2.45) is 11.1 Å². The van der Waals surface area contributed by atoms with Gasteiger partial charge in [-0.2, -0.15) is 0 Å². The van der Waals surface area contributed by atoms with Gasteiger partial charge in [-0.1, -0.05) is 35.8 Å². The average molecular weight is 272 g/mol. The van der Waals surface area contributed by atoms with Gasteiger partial charge in [0.05, 0.1) is 7.11 Å². The highest BCUT2D eigenvalue weighted by Gasteiger charge is 2.18. The second kappa shape index (κ2) is 4.99. The lowest BCUT2D eigenvalue weighted by atomic mass is 9.86. The molecule has 0 radical (unpaired) electrons. The van der Waals surface area contributed by atoms with Crippen LogP contribution < -0.4 is 10.5 Å². The van der Waals surface area contributed by atoms with Crippen molar-refractivity contribution in [3.05, 3.63) is 28.2 Å². The lowest BCUT2D eigenvalue weighted by molar-refractivity contribution is 0.359. The third kappa shape index (κ3) is 3.50. The van der Waals surface area contributed by atoms with Crippen LogP contribution in [0.1, 0.15) is 19.4 Å². The molecule has 3 heteroatoms. The Morgan fingerprint density at radius 1 is 1.40 bits per heavy atom. The van der Waals surface area contributed by atoms with Gasteiger partial charge in [0.25, 0.3) is 0 Å². The first-order valence-corrected chi connectivity index (χ1v) is 5.80. The zero-order valence-electron chi connectivity index (χ0n) is 9.51. The summed E-state index contributed by atoms with van der Waals surface area (Å²) in [6.45, 7) is 5.00. The van der Waals surface area contributed by atoms with Crippen molar-refractivity contribution in [2.75, 3.05) is 13.7 Å². The van der Waals surface area contributed by atoms with Crippen LogP contribution in [0.5, 0.6) is 5.75 Å². The summed E-state index contributed by atoms with van der Waals surface area (Å²) in [6.07, 6.45) is 0.931. The maximum Gasteiger partial charge on any atom is 0.123 e. The molecule has 0 heterocycles. The van der Waals surface area contributed by atoms with Gasteiger partial charge in [-0.15, -0.1) is 0 Å². The molecular formula is C12H18BrNO. The SMILES string of the molecule is COc1cc(Br)ccc1CC(C)(C)CN. The van der Waals surface area contributed by atoms with Crippen molar-refractivity contribution < 1.29 is 4.74 Å². The number of hydrogen-bond acceptors (Lipinski definition) is 2. The summed E-state index contributed by atoms with van der Waals surface area (Å²) < 4.78 is 6.38. The minimum atomic E-state index is 0.112. The first kappa shape index (κ1) is 12.5. The van der Waals surface area contributed by atoms with Gasteiger partial charge in [0.2, 0.25) is 0 Å². The molecule has 0 unspecified atom stereocenters. The fourth-order valence-corrected chi connectivity index (χ4v) is 1.79. The molecule has 0 spiro atoms. The number of hydrogen-bond donors (Lipinski definition) is 1. The van der Waals surface area contributed by atoms with Crippen LogP contribution in [0, 0.1) is 5.41 Å². The van der Waals surface area contributed by atoms with Crippen molar-refractivity contribution in [3.8, 4) is 5.75 Å². The largest absolute Gasteiger partial charge is 0.496 e. The van der Waals surface area contributed by atoms with Gasteiger partial charge < -0.3 is 10.5 Å². The smallest absolute Gasteiger partial charge is 0.123 e. The quantitative estimate of drug-likeness (QED) is 0.914. The first-order chi connectivity index (χ1) is 6.98. The van der Waals surface area contributed by atoms with E-state index in [1.54, 1.807) is 7.11 Å². The van der Waals surface area contributed by atoms with E-state index < -0.39 is 0 Å². The second-order valence-corrected chi connectivity index (χ2v) is 5.42. The lowest BCUT2D eigenvalue weighted by Crippen LogP contribution is -2.26. The zero-order valence-corrected chi connectivity index (χ0v) is 11.1. The minimum absolute atomic E-state index is 0.112. The van der Waals surface area contributed by atoms with Crippen molar-refractivity contribution in [3.63, 3.8) is 0 Å². The van der Waals surface area contributed by atoms with Crippen LogP contribution in [0.3, 0.4) is 0 Å². The predicted molar refractivity (Wildman–Crippen MR) is 67.2 cm³/mol. The lowest BCUT2D eigenvalue weighted by Gasteiger charge is -2.23. The number of rotatable bonds is 4. The normalized spacial score (nSPS) is 11.5. The number of benzene rings is 1. The molecule has 2 nitrogen and oxygen atoms in total. The number of halogens is 1. The highest BCUT2D eigenvalue weighted by atomic mass is 79.9. The third-order valence-electron chi connectivity index (χ3n) is 2.47. The van der Waals surface area contributed by atoms with E-state index >= 15 is 0 Å².